The van der Waals surface area contributed by atoms with Gasteiger partial charge in [-0.15, -0.1) is 0 Å². The Labute approximate surface area is 176 Å². The number of hydrogen-bond donors (Lipinski definition) is 2. The number of aryl methyl sites for hydroxylation is 2. The second-order valence-electron chi connectivity index (χ2n) is 7.34. The van der Waals surface area contributed by atoms with Crippen molar-refractivity contribution in [2.75, 3.05) is 10.6 Å². The summed E-state index contributed by atoms with van der Waals surface area (Å²) in [5, 5.41) is 6.29. The molecule has 148 valence electrons. The maximum Gasteiger partial charge on any atom is 0.257 e. The molecule has 4 rings (SSSR count). The van der Waals surface area contributed by atoms with E-state index in [0.717, 1.165) is 22.2 Å². The van der Waals surface area contributed by atoms with Crippen LogP contribution < -0.4 is 10.6 Å². The molecule has 0 aliphatic carbocycles. The summed E-state index contributed by atoms with van der Waals surface area (Å²) >= 11 is 0. The minimum absolute atomic E-state index is 0.0468. The van der Waals surface area contributed by atoms with E-state index in [9.17, 15) is 4.79 Å². The van der Waals surface area contributed by atoms with Crippen molar-refractivity contribution in [3.05, 3.63) is 77.4 Å². The first kappa shape index (κ1) is 19.6. The Kier molecular flexibility index (Phi) is 5.22. The Balaban J connectivity index is 1.50. The van der Waals surface area contributed by atoms with Gasteiger partial charge in [0.1, 0.15) is 17.0 Å². The minimum atomic E-state index is -0.193. The molecule has 30 heavy (non-hydrogen) atoms. The molecule has 0 bridgehead atoms. The van der Waals surface area contributed by atoms with Gasteiger partial charge < -0.3 is 15.1 Å². The highest BCUT2D eigenvalue weighted by Crippen LogP contribution is 2.23. The second-order valence-corrected chi connectivity index (χ2v) is 7.34. The van der Waals surface area contributed by atoms with Gasteiger partial charge in [-0.2, -0.15) is 0 Å². The molecule has 0 aliphatic rings. The standard InChI is InChI=1S/C22H21BN6O/c1-13-7-17(10-24-9-13)22(30)27-18-6-4-5-16(8-18)15(3)26-19-11-25-21-20(28-19)14(2)12-29(21)23/h4-12,15H,1-3H3,(H,26,28)(H,27,30). The maximum absolute atomic E-state index is 12.5. The molecule has 8 heteroatoms. The predicted octanol–water partition coefficient (Wildman–Crippen LogP) is 3.80. The van der Waals surface area contributed by atoms with Gasteiger partial charge in [0, 0.05) is 18.1 Å². The quantitative estimate of drug-likeness (QED) is 0.502. The number of anilines is 2. The Hall–Kier alpha value is -3.68. The lowest BCUT2D eigenvalue weighted by molar-refractivity contribution is 0.102. The number of fused-ring (bicyclic) bond motifs is 1. The summed E-state index contributed by atoms with van der Waals surface area (Å²) in [4.78, 5) is 25.6. The van der Waals surface area contributed by atoms with Crippen molar-refractivity contribution in [3.63, 3.8) is 0 Å². The lowest BCUT2D eigenvalue weighted by Crippen LogP contribution is -2.13. The Morgan fingerprint density at radius 1 is 1.17 bits per heavy atom. The van der Waals surface area contributed by atoms with Crippen LogP contribution >= 0.6 is 0 Å². The first-order valence-electron chi connectivity index (χ1n) is 9.60. The van der Waals surface area contributed by atoms with E-state index in [4.69, 9.17) is 7.98 Å². The lowest BCUT2D eigenvalue weighted by Gasteiger charge is -2.16. The fourth-order valence-corrected chi connectivity index (χ4v) is 3.31. The van der Waals surface area contributed by atoms with Gasteiger partial charge in [-0.1, -0.05) is 12.1 Å². The van der Waals surface area contributed by atoms with Gasteiger partial charge in [-0.05, 0) is 61.9 Å². The summed E-state index contributed by atoms with van der Waals surface area (Å²) in [5.41, 5.74) is 5.55. The molecule has 0 saturated heterocycles. The van der Waals surface area contributed by atoms with E-state index >= 15 is 0 Å². The van der Waals surface area contributed by atoms with Crippen molar-refractivity contribution in [2.45, 2.75) is 26.8 Å². The van der Waals surface area contributed by atoms with Crippen LogP contribution in [0.2, 0.25) is 0 Å². The van der Waals surface area contributed by atoms with Gasteiger partial charge in [-0.25, -0.2) is 9.97 Å². The van der Waals surface area contributed by atoms with E-state index in [1.165, 1.54) is 4.48 Å². The number of nitrogens with zero attached hydrogens (tertiary/aromatic N) is 4. The molecule has 0 saturated carbocycles. The number of pyridine rings is 1. The minimum Gasteiger partial charge on any atom is -0.387 e. The van der Waals surface area contributed by atoms with E-state index in [2.05, 4.69) is 25.6 Å². The van der Waals surface area contributed by atoms with Crippen molar-refractivity contribution in [1.82, 2.24) is 19.4 Å². The maximum atomic E-state index is 12.5. The molecule has 7 nitrogen and oxygen atoms in total. The molecule has 2 radical (unpaired) electrons. The molecule has 0 spiro atoms. The van der Waals surface area contributed by atoms with Crippen LogP contribution in [0.15, 0.2) is 55.1 Å². The highest BCUT2D eigenvalue weighted by atomic mass is 16.1. The number of nitrogens with one attached hydrogen (secondary N) is 2. The van der Waals surface area contributed by atoms with Crippen LogP contribution in [0.4, 0.5) is 11.5 Å². The first-order valence-corrected chi connectivity index (χ1v) is 9.60. The number of aromatic nitrogens is 4. The number of hydrogen-bond acceptors (Lipinski definition) is 5. The van der Waals surface area contributed by atoms with Gasteiger partial charge in [0.2, 0.25) is 7.98 Å². The average Bonchev–Trinajstić information content (AvgIpc) is 3.01. The van der Waals surface area contributed by atoms with Crippen LogP contribution in [-0.2, 0) is 0 Å². The Morgan fingerprint density at radius 2 is 2.00 bits per heavy atom. The molecule has 4 aromatic rings. The lowest BCUT2D eigenvalue weighted by atomic mass is 10.1. The number of benzene rings is 1. The van der Waals surface area contributed by atoms with Crippen molar-refractivity contribution in [3.8, 4) is 0 Å². The highest BCUT2D eigenvalue weighted by Gasteiger charge is 2.12. The zero-order valence-electron chi connectivity index (χ0n) is 17.0. The molecule has 1 unspecified atom stereocenters. The van der Waals surface area contributed by atoms with E-state index in [-0.39, 0.29) is 11.9 Å². The van der Waals surface area contributed by atoms with Gasteiger partial charge in [0.15, 0.2) is 0 Å². The van der Waals surface area contributed by atoms with Gasteiger partial charge >= 0.3 is 0 Å². The summed E-state index contributed by atoms with van der Waals surface area (Å²) in [7, 11) is 5.88. The smallest absolute Gasteiger partial charge is 0.257 e. The summed E-state index contributed by atoms with van der Waals surface area (Å²) < 4.78 is 1.47. The van der Waals surface area contributed by atoms with Crippen molar-refractivity contribution in [1.29, 1.82) is 0 Å². The molecule has 0 aliphatic heterocycles. The number of rotatable bonds is 5. The Bertz CT molecular complexity index is 1240. The highest BCUT2D eigenvalue weighted by molar-refractivity contribution is 6.11. The van der Waals surface area contributed by atoms with Crippen LogP contribution in [0, 0.1) is 13.8 Å². The zero-order chi connectivity index (χ0) is 21.3. The van der Waals surface area contributed by atoms with Crippen molar-refractivity contribution in [2.24, 2.45) is 0 Å². The summed E-state index contributed by atoms with van der Waals surface area (Å²) in [6.45, 7) is 5.88. The molecule has 1 aromatic carbocycles. The predicted molar refractivity (Wildman–Crippen MR) is 119 cm³/mol. The van der Waals surface area contributed by atoms with E-state index in [1.54, 1.807) is 24.8 Å². The Morgan fingerprint density at radius 3 is 2.80 bits per heavy atom. The second kappa shape index (κ2) is 7.98. The topological polar surface area (TPSA) is 84.7 Å². The van der Waals surface area contributed by atoms with Gasteiger partial charge in [0.25, 0.3) is 5.91 Å². The van der Waals surface area contributed by atoms with Crippen molar-refractivity contribution < 1.29 is 4.79 Å². The van der Waals surface area contributed by atoms with Gasteiger partial charge in [-0.3, -0.25) is 9.78 Å². The number of carbonyl (C=O) groups excluding carboxylic acids is 1. The fourth-order valence-electron chi connectivity index (χ4n) is 3.31. The average molecular weight is 396 g/mol. The third-order valence-corrected chi connectivity index (χ3v) is 4.85. The fraction of sp³-hybridized carbons (Fsp3) is 0.182. The third-order valence-electron chi connectivity index (χ3n) is 4.85. The summed E-state index contributed by atoms with van der Waals surface area (Å²) in [5.74, 6) is 0.464. The molecular formula is C22H21BN6O. The molecule has 1 amide bonds. The van der Waals surface area contributed by atoms with E-state index in [0.29, 0.717) is 22.7 Å². The largest absolute Gasteiger partial charge is 0.387 e. The van der Waals surface area contributed by atoms with Crippen LogP contribution in [0.5, 0.6) is 0 Å². The SMILES string of the molecule is [B]n1cc(C)c2nc(NC(C)c3cccc(NC(=O)c4cncc(C)c4)c3)cnc21. The van der Waals surface area contributed by atoms with Crippen LogP contribution in [0.25, 0.3) is 11.2 Å². The summed E-state index contributed by atoms with van der Waals surface area (Å²) in [6, 6.07) is 9.46. The van der Waals surface area contributed by atoms with Crippen molar-refractivity contribution >= 4 is 36.6 Å². The molecule has 2 N–H and O–H groups in total. The molecule has 1 atom stereocenters. The van der Waals surface area contributed by atoms with Crippen LogP contribution in [0.1, 0.15) is 40.0 Å². The molecular weight excluding hydrogens is 375 g/mol. The number of carbonyl (C=O) groups is 1. The zero-order valence-corrected chi connectivity index (χ0v) is 17.0. The third kappa shape index (κ3) is 4.03. The van der Waals surface area contributed by atoms with Crippen LogP contribution in [0.3, 0.4) is 0 Å². The molecule has 3 heterocycles. The summed E-state index contributed by atoms with van der Waals surface area (Å²) in [6.07, 6.45) is 6.74. The normalized spacial score (nSPS) is 12.0. The number of amides is 1. The van der Waals surface area contributed by atoms with E-state index in [1.807, 2.05) is 51.1 Å². The van der Waals surface area contributed by atoms with Gasteiger partial charge in [0.05, 0.1) is 17.8 Å². The van der Waals surface area contributed by atoms with Crippen LogP contribution in [-0.4, -0.2) is 33.3 Å². The van der Waals surface area contributed by atoms with E-state index < -0.39 is 0 Å². The monoisotopic (exact) mass is 396 g/mol. The molecule has 0 fully saturated rings. The first-order chi connectivity index (χ1) is 14.4. The molecule has 3 aromatic heterocycles.